The second-order valence-corrected chi connectivity index (χ2v) is 5.12. The molecule has 0 aliphatic rings. The van der Waals surface area contributed by atoms with Gasteiger partial charge in [0.1, 0.15) is 11.5 Å². The summed E-state index contributed by atoms with van der Waals surface area (Å²) in [4.78, 5) is 0. The number of halogens is 1. The van der Waals surface area contributed by atoms with Gasteiger partial charge in [-0.2, -0.15) is 0 Å². The normalized spacial score (nSPS) is 12.2. The summed E-state index contributed by atoms with van der Waals surface area (Å²) in [5.74, 6) is 1.39. The summed E-state index contributed by atoms with van der Waals surface area (Å²) in [6.45, 7) is 1.74. The molecule has 1 unspecified atom stereocenters. The van der Waals surface area contributed by atoms with E-state index in [1.54, 1.807) is 6.92 Å². The van der Waals surface area contributed by atoms with Crippen molar-refractivity contribution in [2.75, 3.05) is 0 Å². The average Bonchev–Trinajstić information content (AvgIpc) is 2.39. The van der Waals surface area contributed by atoms with E-state index in [0.29, 0.717) is 11.5 Å². The Bertz CT molecular complexity index is 550. The van der Waals surface area contributed by atoms with E-state index < -0.39 is 6.10 Å². The minimum absolute atomic E-state index is 0.0227. The van der Waals surface area contributed by atoms with Gasteiger partial charge in [-0.1, -0.05) is 34.1 Å². The van der Waals surface area contributed by atoms with Gasteiger partial charge in [-0.3, -0.25) is 0 Å². The standard InChI is InChI=1S/C15H15BrO3/c1-10(18)14-7-6-13(8-15(14)16)19-12-4-2-11(9-17)3-5-12/h2-8,10,17-18H,9H2,1H3. The molecule has 0 radical (unpaired) electrons. The van der Waals surface area contributed by atoms with Crippen molar-refractivity contribution < 1.29 is 14.9 Å². The van der Waals surface area contributed by atoms with Crippen LogP contribution in [-0.2, 0) is 6.61 Å². The number of aliphatic hydroxyl groups excluding tert-OH is 2. The molecule has 0 bridgehead atoms. The predicted octanol–water partition coefficient (Wildman–Crippen LogP) is 3.79. The Hall–Kier alpha value is -1.36. The molecule has 0 fully saturated rings. The van der Waals surface area contributed by atoms with Gasteiger partial charge < -0.3 is 14.9 Å². The van der Waals surface area contributed by atoms with Gasteiger partial charge >= 0.3 is 0 Å². The molecule has 0 aliphatic carbocycles. The molecule has 4 heteroatoms. The summed E-state index contributed by atoms with van der Waals surface area (Å²) in [6.07, 6.45) is -0.521. The third-order valence-corrected chi connectivity index (χ3v) is 3.45. The molecule has 19 heavy (non-hydrogen) atoms. The molecule has 2 aromatic rings. The number of hydrogen-bond donors (Lipinski definition) is 2. The first-order valence-corrected chi connectivity index (χ1v) is 6.74. The molecule has 0 saturated carbocycles. The third-order valence-electron chi connectivity index (χ3n) is 2.76. The van der Waals surface area contributed by atoms with Gasteiger partial charge in [0.05, 0.1) is 12.7 Å². The van der Waals surface area contributed by atoms with E-state index in [4.69, 9.17) is 9.84 Å². The highest BCUT2D eigenvalue weighted by molar-refractivity contribution is 9.10. The lowest BCUT2D eigenvalue weighted by atomic mass is 10.1. The van der Waals surface area contributed by atoms with Gasteiger partial charge in [-0.15, -0.1) is 0 Å². The summed E-state index contributed by atoms with van der Waals surface area (Å²) in [5.41, 5.74) is 1.67. The Kier molecular flexibility index (Phi) is 4.58. The number of benzene rings is 2. The first-order valence-electron chi connectivity index (χ1n) is 5.95. The second-order valence-electron chi connectivity index (χ2n) is 4.26. The molecule has 0 amide bonds. The molecule has 0 aliphatic heterocycles. The van der Waals surface area contributed by atoms with Gasteiger partial charge in [-0.05, 0) is 42.3 Å². The van der Waals surface area contributed by atoms with Crippen molar-refractivity contribution in [3.8, 4) is 11.5 Å². The minimum Gasteiger partial charge on any atom is -0.457 e. The molecule has 0 aromatic heterocycles. The average molecular weight is 323 g/mol. The van der Waals surface area contributed by atoms with Crippen LogP contribution in [0.25, 0.3) is 0 Å². The van der Waals surface area contributed by atoms with E-state index in [1.165, 1.54) is 0 Å². The molecule has 3 nitrogen and oxygen atoms in total. The monoisotopic (exact) mass is 322 g/mol. The van der Waals surface area contributed by atoms with E-state index in [-0.39, 0.29) is 6.61 Å². The van der Waals surface area contributed by atoms with Crippen molar-refractivity contribution in [2.45, 2.75) is 19.6 Å². The van der Waals surface area contributed by atoms with Crippen LogP contribution in [0.4, 0.5) is 0 Å². The first kappa shape index (κ1) is 14.1. The van der Waals surface area contributed by atoms with Gasteiger partial charge in [0, 0.05) is 4.47 Å². The highest BCUT2D eigenvalue weighted by Gasteiger charge is 2.07. The lowest BCUT2D eigenvalue weighted by Gasteiger charge is -2.11. The van der Waals surface area contributed by atoms with Crippen molar-refractivity contribution in [1.29, 1.82) is 0 Å². The molecule has 0 saturated heterocycles. The summed E-state index contributed by atoms with van der Waals surface area (Å²) in [7, 11) is 0. The van der Waals surface area contributed by atoms with E-state index in [1.807, 2.05) is 42.5 Å². The summed E-state index contributed by atoms with van der Waals surface area (Å²) < 4.78 is 6.51. The van der Waals surface area contributed by atoms with Crippen LogP contribution in [0.1, 0.15) is 24.2 Å². The van der Waals surface area contributed by atoms with E-state index in [9.17, 15) is 5.11 Å². The summed E-state index contributed by atoms with van der Waals surface area (Å²) in [5, 5.41) is 18.5. The molecule has 2 rings (SSSR count). The number of ether oxygens (including phenoxy) is 1. The Morgan fingerprint density at radius 1 is 1.11 bits per heavy atom. The van der Waals surface area contributed by atoms with E-state index in [2.05, 4.69) is 15.9 Å². The smallest absolute Gasteiger partial charge is 0.128 e. The van der Waals surface area contributed by atoms with E-state index in [0.717, 1.165) is 15.6 Å². The molecule has 0 heterocycles. The SMILES string of the molecule is CC(O)c1ccc(Oc2ccc(CO)cc2)cc1Br. The van der Waals surface area contributed by atoms with Crippen LogP contribution >= 0.6 is 15.9 Å². The molecule has 2 aromatic carbocycles. The summed E-state index contributed by atoms with van der Waals surface area (Å²) in [6, 6.07) is 12.7. The Morgan fingerprint density at radius 2 is 1.74 bits per heavy atom. The maximum Gasteiger partial charge on any atom is 0.128 e. The van der Waals surface area contributed by atoms with Crippen molar-refractivity contribution in [1.82, 2.24) is 0 Å². The fourth-order valence-corrected chi connectivity index (χ4v) is 2.40. The minimum atomic E-state index is -0.521. The molecule has 100 valence electrons. The van der Waals surface area contributed by atoms with Crippen molar-refractivity contribution in [2.24, 2.45) is 0 Å². The largest absolute Gasteiger partial charge is 0.457 e. The maximum atomic E-state index is 9.55. The van der Waals surface area contributed by atoms with Crippen molar-refractivity contribution >= 4 is 15.9 Å². The van der Waals surface area contributed by atoms with Crippen molar-refractivity contribution in [3.63, 3.8) is 0 Å². The zero-order chi connectivity index (χ0) is 13.8. The second kappa shape index (κ2) is 6.19. The zero-order valence-electron chi connectivity index (χ0n) is 10.5. The lowest BCUT2D eigenvalue weighted by molar-refractivity contribution is 0.198. The summed E-state index contributed by atoms with van der Waals surface area (Å²) >= 11 is 3.41. The Balaban J connectivity index is 2.16. The number of aliphatic hydroxyl groups is 2. The van der Waals surface area contributed by atoms with Crippen LogP contribution < -0.4 is 4.74 Å². The van der Waals surface area contributed by atoms with Crippen LogP contribution in [0.3, 0.4) is 0 Å². The molecule has 1 atom stereocenters. The first-order chi connectivity index (χ1) is 9.10. The highest BCUT2D eigenvalue weighted by atomic mass is 79.9. The van der Waals surface area contributed by atoms with Gasteiger partial charge in [0.15, 0.2) is 0 Å². The predicted molar refractivity (Wildman–Crippen MR) is 77.2 cm³/mol. The van der Waals surface area contributed by atoms with Crippen molar-refractivity contribution in [3.05, 3.63) is 58.1 Å². The quantitative estimate of drug-likeness (QED) is 0.900. The fraction of sp³-hybridized carbons (Fsp3) is 0.200. The van der Waals surface area contributed by atoms with Gasteiger partial charge in [0.25, 0.3) is 0 Å². The molecular weight excluding hydrogens is 308 g/mol. The zero-order valence-corrected chi connectivity index (χ0v) is 12.1. The van der Waals surface area contributed by atoms with Gasteiger partial charge in [0.2, 0.25) is 0 Å². The van der Waals surface area contributed by atoms with Crippen LogP contribution in [0.5, 0.6) is 11.5 Å². The lowest BCUT2D eigenvalue weighted by Crippen LogP contribution is -1.93. The Morgan fingerprint density at radius 3 is 2.26 bits per heavy atom. The fourth-order valence-electron chi connectivity index (χ4n) is 1.71. The van der Waals surface area contributed by atoms with Crippen LogP contribution in [0.2, 0.25) is 0 Å². The van der Waals surface area contributed by atoms with Crippen LogP contribution in [-0.4, -0.2) is 10.2 Å². The van der Waals surface area contributed by atoms with Crippen LogP contribution in [0.15, 0.2) is 46.9 Å². The number of rotatable bonds is 4. The molecule has 0 spiro atoms. The molecular formula is C15H15BrO3. The van der Waals surface area contributed by atoms with Gasteiger partial charge in [-0.25, -0.2) is 0 Å². The maximum absolute atomic E-state index is 9.55. The molecule has 2 N–H and O–H groups in total. The highest BCUT2D eigenvalue weighted by Crippen LogP contribution is 2.30. The third kappa shape index (κ3) is 3.56. The van der Waals surface area contributed by atoms with Crippen LogP contribution in [0, 0.1) is 0 Å². The number of hydrogen-bond acceptors (Lipinski definition) is 3. The van der Waals surface area contributed by atoms with E-state index >= 15 is 0 Å². The topological polar surface area (TPSA) is 49.7 Å². The Labute approximate surface area is 120 Å².